The summed E-state index contributed by atoms with van der Waals surface area (Å²) < 4.78 is 5.41. The molecule has 0 bridgehead atoms. The minimum atomic E-state index is -0.114. The monoisotopic (exact) mass is 196 g/mol. The zero-order chi connectivity index (χ0) is 10.7. The third-order valence-electron chi connectivity index (χ3n) is 3.20. The summed E-state index contributed by atoms with van der Waals surface area (Å²) in [6.45, 7) is 8.28. The summed E-state index contributed by atoms with van der Waals surface area (Å²) in [5, 5.41) is 0. The first-order valence-corrected chi connectivity index (χ1v) is 5.47. The molecule has 0 aromatic heterocycles. The van der Waals surface area contributed by atoms with E-state index in [-0.39, 0.29) is 12.1 Å². The zero-order valence-electron chi connectivity index (χ0n) is 9.54. The van der Waals surface area contributed by atoms with E-state index < -0.39 is 0 Å². The van der Waals surface area contributed by atoms with Crippen LogP contribution >= 0.6 is 0 Å². The van der Waals surface area contributed by atoms with Gasteiger partial charge in [0.1, 0.15) is 6.10 Å². The summed E-state index contributed by atoms with van der Waals surface area (Å²) in [6.07, 6.45) is 4.03. The van der Waals surface area contributed by atoms with Gasteiger partial charge in [-0.05, 0) is 25.2 Å². The van der Waals surface area contributed by atoms with E-state index >= 15 is 0 Å². The molecular formula is C12H20O2. The van der Waals surface area contributed by atoms with Crippen molar-refractivity contribution in [3.05, 3.63) is 11.6 Å². The van der Waals surface area contributed by atoms with Crippen LogP contribution in [0.2, 0.25) is 0 Å². The smallest absolute Gasteiger partial charge is 0.334 e. The Morgan fingerprint density at radius 1 is 1.64 bits per heavy atom. The predicted octanol–water partition coefficient (Wildman–Crippen LogP) is 2.93. The lowest BCUT2D eigenvalue weighted by atomic mass is 9.86. The lowest BCUT2D eigenvalue weighted by Crippen LogP contribution is -2.34. The summed E-state index contributed by atoms with van der Waals surface area (Å²) in [4.78, 5) is 11.6. The second-order valence-corrected chi connectivity index (χ2v) is 4.21. The van der Waals surface area contributed by atoms with Gasteiger partial charge in [-0.1, -0.05) is 33.3 Å². The first kappa shape index (κ1) is 11.3. The average Bonchev–Trinajstić information content (AvgIpc) is 2.16. The normalized spacial score (nSPS) is 32.9. The van der Waals surface area contributed by atoms with E-state index in [1.165, 1.54) is 0 Å². The molecular weight excluding hydrogens is 176 g/mol. The van der Waals surface area contributed by atoms with Gasteiger partial charge in [-0.25, -0.2) is 4.79 Å². The lowest BCUT2D eigenvalue weighted by Gasteiger charge is -2.32. The fourth-order valence-electron chi connectivity index (χ4n) is 1.94. The number of rotatable bonds is 2. The Bertz CT molecular complexity index is 243. The van der Waals surface area contributed by atoms with Gasteiger partial charge in [-0.3, -0.25) is 0 Å². The molecule has 80 valence electrons. The van der Waals surface area contributed by atoms with E-state index in [0.29, 0.717) is 11.8 Å². The lowest BCUT2D eigenvalue weighted by molar-refractivity contribution is -0.152. The van der Waals surface area contributed by atoms with Crippen LogP contribution < -0.4 is 0 Å². The summed E-state index contributed by atoms with van der Waals surface area (Å²) >= 11 is 0. The number of allylic oxidation sites excluding steroid dienone is 1. The molecule has 2 heteroatoms. The van der Waals surface area contributed by atoms with E-state index in [2.05, 4.69) is 20.8 Å². The maximum atomic E-state index is 11.6. The maximum Gasteiger partial charge on any atom is 0.334 e. The number of carbonyl (C=O) groups excluding carboxylic acids is 1. The van der Waals surface area contributed by atoms with Gasteiger partial charge in [0.05, 0.1) is 0 Å². The Morgan fingerprint density at radius 2 is 2.29 bits per heavy atom. The third-order valence-corrected chi connectivity index (χ3v) is 3.20. The molecule has 1 aliphatic heterocycles. The highest BCUT2D eigenvalue weighted by Crippen LogP contribution is 2.30. The Labute approximate surface area is 86.3 Å². The van der Waals surface area contributed by atoms with Crippen LogP contribution in [-0.4, -0.2) is 12.1 Å². The van der Waals surface area contributed by atoms with Crippen molar-refractivity contribution in [3.63, 3.8) is 0 Å². The van der Waals surface area contributed by atoms with E-state index in [4.69, 9.17) is 4.74 Å². The first-order valence-electron chi connectivity index (χ1n) is 5.47. The number of hydrogen-bond donors (Lipinski definition) is 0. The van der Waals surface area contributed by atoms with Crippen molar-refractivity contribution in [1.29, 1.82) is 0 Å². The quantitative estimate of drug-likeness (QED) is 0.501. The zero-order valence-corrected chi connectivity index (χ0v) is 9.54. The molecule has 0 amide bonds. The van der Waals surface area contributed by atoms with Crippen LogP contribution in [-0.2, 0) is 9.53 Å². The fraction of sp³-hybridized carbons (Fsp3) is 0.750. The predicted molar refractivity (Wildman–Crippen MR) is 56.9 cm³/mol. The molecule has 1 heterocycles. The van der Waals surface area contributed by atoms with Gasteiger partial charge < -0.3 is 4.74 Å². The van der Waals surface area contributed by atoms with Crippen LogP contribution in [0.15, 0.2) is 11.6 Å². The van der Waals surface area contributed by atoms with Crippen molar-refractivity contribution < 1.29 is 9.53 Å². The standard InChI is InChI=1S/C12H20O2/c1-5-8(3)11-7-9(4)10(6-2)12(13)14-11/h6,8-9,11H,5,7H2,1-4H3/b10-6+. The molecule has 0 spiro atoms. The van der Waals surface area contributed by atoms with Crippen LogP contribution in [0, 0.1) is 11.8 Å². The first-order chi connectivity index (χ1) is 6.60. The van der Waals surface area contributed by atoms with Gasteiger partial charge in [0, 0.05) is 5.57 Å². The van der Waals surface area contributed by atoms with Crippen molar-refractivity contribution in [2.45, 2.75) is 46.6 Å². The molecule has 3 atom stereocenters. The van der Waals surface area contributed by atoms with Crippen molar-refractivity contribution >= 4 is 5.97 Å². The molecule has 0 aromatic rings. The topological polar surface area (TPSA) is 26.3 Å². The summed E-state index contributed by atoms with van der Waals surface area (Å²) in [6, 6.07) is 0. The Kier molecular flexibility index (Phi) is 3.73. The fourth-order valence-corrected chi connectivity index (χ4v) is 1.94. The molecule has 2 nitrogen and oxygen atoms in total. The van der Waals surface area contributed by atoms with Gasteiger partial charge >= 0.3 is 5.97 Å². The molecule has 0 saturated carbocycles. The highest BCUT2D eigenvalue weighted by molar-refractivity contribution is 5.89. The summed E-state index contributed by atoms with van der Waals surface area (Å²) in [5.41, 5.74) is 0.838. The van der Waals surface area contributed by atoms with Gasteiger partial charge in [0.25, 0.3) is 0 Å². The van der Waals surface area contributed by atoms with Crippen LogP contribution in [0.1, 0.15) is 40.5 Å². The van der Waals surface area contributed by atoms with E-state index in [1.807, 2.05) is 13.0 Å². The third kappa shape index (κ3) is 2.17. The van der Waals surface area contributed by atoms with Crippen molar-refractivity contribution in [3.8, 4) is 0 Å². The van der Waals surface area contributed by atoms with E-state index in [0.717, 1.165) is 18.4 Å². The molecule has 1 saturated heterocycles. The minimum absolute atomic E-state index is 0.114. The average molecular weight is 196 g/mol. The van der Waals surface area contributed by atoms with E-state index in [9.17, 15) is 4.79 Å². The molecule has 0 radical (unpaired) electrons. The minimum Gasteiger partial charge on any atom is -0.459 e. The van der Waals surface area contributed by atoms with Crippen LogP contribution in [0.5, 0.6) is 0 Å². The highest BCUT2D eigenvalue weighted by Gasteiger charge is 2.32. The number of ether oxygens (including phenoxy) is 1. The molecule has 3 unspecified atom stereocenters. The second-order valence-electron chi connectivity index (χ2n) is 4.21. The van der Waals surface area contributed by atoms with Gasteiger partial charge in [-0.15, -0.1) is 0 Å². The maximum absolute atomic E-state index is 11.6. The Morgan fingerprint density at radius 3 is 2.71 bits per heavy atom. The molecule has 0 N–H and O–H groups in total. The Balaban J connectivity index is 2.70. The van der Waals surface area contributed by atoms with Crippen LogP contribution in [0.4, 0.5) is 0 Å². The summed E-state index contributed by atoms with van der Waals surface area (Å²) in [5.74, 6) is 0.705. The number of hydrogen-bond acceptors (Lipinski definition) is 2. The second kappa shape index (κ2) is 4.63. The van der Waals surface area contributed by atoms with Gasteiger partial charge in [-0.2, -0.15) is 0 Å². The molecule has 14 heavy (non-hydrogen) atoms. The van der Waals surface area contributed by atoms with Crippen LogP contribution in [0.25, 0.3) is 0 Å². The number of esters is 1. The molecule has 0 aromatic carbocycles. The Hall–Kier alpha value is -0.790. The van der Waals surface area contributed by atoms with Gasteiger partial charge in [0.2, 0.25) is 0 Å². The molecule has 1 rings (SSSR count). The SMILES string of the molecule is C/C=C1/C(=O)OC(C(C)CC)CC1C. The number of carbonyl (C=O) groups is 1. The summed E-state index contributed by atoms with van der Waals surface area (Å²) in [7, 11) is 0. The number of cyclic esters (lactones) is 1. The largest absolute Gasteiger partial charge is 0.459 e. The van der Waals surface area contributed by atoms with Crippen molar-refractivity contribution in [2.24, 2.45) is 11.8 Å². The van der Waals surface area contributed by atoms with E-state index in [1.54, 1.807) is 0 Å². The molecule has 1 fully saturated rings. The van der Waals surface area contributed by atoms with Crippen molar-refractivity contribution in [1.82, 2.24) is 0 Å². The van der Waals surface area contributed by atoms with Crippen LogP contribution in [0.3, 0.4) is 0 Å². The molecule has 1 aliphatic rings. The molecule has 0 aliphatic carbocycles. The highest BCUT2D eigenvalue weighted by atomic mass is 16.5. The van der Waals surface area contributed by atoms with Crippen molar-refractivity contribution in [2.75, 3.05) is 0 Å². The van der Waals surface area contributed by atoms with Gasteiger partial charge in [0.15, 0.2) is 0 Å².